The lowest BCUT2D eigenvalue weighted by atomic mass is 10.1. The Morgan fingerprint density at radius 2 is 1.70 bits per heavy atom. The quantitative estimate of drug-likeness (QED) is 0.480. The molecule has 0 saturated heterocycles. The Kier molecular flexibility index (Phi) is 6.76. The molecule has 0 bridgehead atoms. The summed E-state index contributed by atoms with van der Waals surface area (Å²) in [4.78, 5) is 16.9. The van der Waals surface area contributed by atoms with Gasteiger partial charge in [-0.05, 0) is 75.4 Å². The number of amides is 1. The lowest BCUT2D eigenvalue weighted by Gasteiger charge is -2.32. The van der Waals surface area contributed by atoms with Crippen molar-refractivity contribution in [3.63, 3.8) is 0 Å². The van der Waals surface area contributed by atoms with Crippen molar-refractivity contribution in [2.24, 2.45) is 0 Å². The smallest absolute Gasteiger partial charge is 0.413 e. The van der Waals surface area contributed by atoms with E-state index in [1.807, 2.05) is 0 Å². The van der Waals surface area contributed by atoms with Crippen LogP contribution in [0.2, 0.25) is 5.02 Å². The number of pyridine rings is 1. The molecule has 1 atom stereocenters. The van der Waals surface area contributed by atoms with Gasteiger partial charge in [0.05, 0.1) is 10.6 Å². The summed E-state index contributed by atoms with van der Waals surface area (Å²) >= 11 is 5.87. The van der Waals surface area contributed by atoms with Crippen LogP contribution in [0.1, 0.15) is 37.3 Å². The molecule has 10 heteroatoms. The number of carboxylic acid groups (broad SMARTS) is 1. The number of benzene rings is 2. The predicted octanol–water partition coefficient (Wildman–Crippen LogP) is 5.86. The zero-order valence-corrected chi connectivity index (χ0v) is 19.5. The van der Waals surface area contributed by atoms with Gasteiger partial charge in [0.25, 0.3) is 0 Å². The molecule has 1 N–H and O–H groups in total. The largest absolute Gasteiger partial charge is 0.465 e. The number of aromatic nitrogens is 1. The number of hydrogen-bond acceptors (Lipinski definition) is 4. The van der Waals surface area contributed by atoms with Crippen molar-refractivity contribution in [2.45, 2.75) is 36.5 Å². The summed E-state index contributed by atoms with van der Waals surface area (Å²) in [5.41, 5.74) is -1.53. The molecule has 2 aromatic carbocycles. The van der Waals surface area contributed by atoms with Gasteiger partial charge in [0.2, 0.25) is 0 Å². The van der Waals surface area contributed by atoms with Crippen LogP contribution < -0.4 is 4.90 Å². The first-order valence-corrected chi connectivity index (χ1v) is 11.7. The zero-order valence-electron chi connectivity index (χ0n) is 18.0. The van der Waals surface area contributed by atoms with Crippen LogP contribution in [0, 0.1) is 11.6 Å². The molecule has 33 heavy (non-hydrogen) atoms. The van der Waals surface area contributed by atoms with Gasteiger partial charge >= 0.3 is 6.09 Å². The van der Waals surface area contributed by atoms with E-state index in [0.717, 1.165) is 23.1 Å². The van der Waals surface area contributed by atoms with E-state index in [4.69, 9.17) is 11.6 Å². The fourth-order valence-electron chi connectivity index (χ4n) is 3.40. The first-order chi connectivity index (χ1) is 15.3. The van der Waals surface area contributed by atoms with Crippen molar-refractivity contribution in [3.8, 4) is 0 Å². The van der Waals surface area contributed by atoms with Crippen LogP contribution >= 0.6 is 11.6 Å². The van der Waals surface area contributed by atoms with Crippen LogP contribution in [0.3, 0.4) is 0 Å². The van der Waals surface area contributed by atoms with Crippen LogP contribution in [0.5, 0.6) is 0 Å². The molecule has 1 unspecified atom stereocenters. The van der Waals surface area contributed by atoms with E-state index in [1.165, 1.54) is 42.5 Å². The third-order valence-electron chi connectivity index (χ3n) is 4.81. The van der Waals surface area contributed by atoms with Crippen LogP contribution in [0.4, 0.5) is 19.4 Å². The second-order valence-corrected chi connectivity index (χ2v) is 10.7. The monoisotopic (exact) mass is 494 g/mol. The molecule has 1 amide bonds. The Morgan fingerprint density at radius 3 is 2.27 bits per heavy atom. The second-order valence-electron chi connectivity index (χ2n) is 8.25. The van der Waals surface area contributed by atoms with Gasteiger partial charge in [-0.25, -0.2) is 27.0 Å². The van der Waals surface area contributed by atoms with E-state index in [9.17, 15) is 27.1 Å². The van der Waals surface area contributed by atoms with Gasteiger partial charge in [0, 0.05) is 16.1 Å². The summed E-state index contributed by atoms with van der Waals surface area (Å²) in [6.45, 7) is 4.93. The molecule has 174 valence electrons. The van der Waals surface area contributed by atoms with Crippen LogP contribution in [-0.2, 0) is 9.84 Å². The summed E-state index contributed by atoms with van der Waals surface area (Å²) in [7, 11) is -4.36. The van der Waals surface area contributed by atoms with E-state index in [2.05, 4.69) is 4.98 Å². The van der Waals surface area contributed by atoms with Gasteiger partial charge in [-0.15, -0.1) is 0 Å². The number of sulfone groups is 1. The Labute approximate surface area is 195 Å². The van der Waals surface area contributed by atoms with Gasteiger partial charge < -0.3 is 5.11 Å². The van der Waals surface area contributed by atoms with E-state index >= 15 is 0 Å². The molecular weight excluding hydrogens is 474 g/mol. The number of hydrogen-bond donors (Lipinski definition) is 1. The predicted molar refractivity (Wildman–Crippen MR) is 121 cm³/mol. The summed E-state index contributed by atoms with van der Waals surface area (Å²) in [5, 5.41) is 8.25. The normalized spacial score (nSPS) is 12.9. The molecule has 0 aliphatic rings. The van der Waals surface area contributed by atoms with E-state index in [-0.39, 0.29) is 16.4 Å². The molecule has 1 aromatic heterocycles. The molecule has 0 aliphatic carbocycles. The summed E-state index contributed by atoms with van der Waals surface area (Å²) in [6, 6.07) is 11.9. The van der Waals surface area contributed by atoms with Gasteiger partial charge in [-0.2, -0.15) is 0 Å². The Hall–Kier alpha value is -3.04. The molecule has 3 rings (SSSR count). The van der Waals surface area contributed by atoms with E-state index in [0.29, 0.717) is 5.02 Å². The second kappa shape index (κ2) is 9.07. The third kappa shape index (κ3) is 5.15. The van der Waals surface area contributed by atoms with Crippen molar-refractivity contribution in [3.05, 3.63) is 88.6 Å². The highest BCUT2D eigenvalue weighted by atomic mass is 35.5. The summed E-state index contributed by atoms with van der Waals surface area (Å²) < 4.78 is 56.1. The van der Waals surface area contributed by atoms with Crippen LogP contribution in [0.15, 0.2) is 65.6 Å². The van der Waals surface area contributed by atoms with Gasteiger partial charge in [-0.1, -0.05) is 17.7 Å². The maximum absolute atomic E-state index is 14.8. The number of anilines is 1. The zero-order chi connectivity index (χ0) is 24.6. The fraction of sp³-hybridized carbons (Fsp3) is 0.217. The van der Waals surface area contributed by atoms with Gasteiger partial charge in [-0.3, -0.25) is 4.90 Å². The van der Waals surface area contributed by atoms with E-state index < -0.39 is 43.9 Å². The standard InChI is InChI=1S/C23H21ClF2N2O4S/c1-23(2,3)28(22(29)30)20-6-4-5-19(27-20)21(17-13-15(25)9-12-18(17)26)33(31,32)16-10-7-14(24)8-11-16/h4-13,21H,1-3H3,(H,29,30). The molecule has 0 aliphatic heterocycles. The summed E-state index contributed by atoms with van der Waals surface area (Å²) in [6.07, 6.45) is -1.30. The van der Waals surface area contributed by atoms with Crippen molar-refractivity contribution in [2.75, 3.05) is 4.90 Å². The number of halogens is 3. The van der Waals surface area contributed by atoms with Crippen molar-refractivity contribution >= 4 is 33.3 Å². The number of nitrogens with zero attached hydrogens (tertiary/aromatic N) is 2. The first-order valence-electron chi connectivity index (χ1n) is 9.77. The molecule has 3 aromatic rings. The van der Waals surface area contributed by atoms with Gasteiger partial charge in [0.1, 0.15) is 22.7 Å². The minimum atomic E-state index is -4.36. The Bertz CT molecular complexity index is 1290. The lowest BCUT2D eigenvalue weighted by molar-refractivity contribution is 0.195. The number of carbonyl (C=O) groups is 1. The molecule has 0 spiro atoms. The lowest BCUT2D eigenvalue weighted by Crippen LogP contribution is -2.45. The van der Waals surface area contributed by atoms with Crippen LogP contribution in [0.25, 0.3) is 0 Å². The third-order valence-corrected chi connectivity index (χ3v) is 7.11. The minimum absolute atomic E-state index is 0.0550. The molecule has 1 heterocycles. The maximum atomic E-state index is 14.8. The average Bonchev–Trinajstić information content (AvgIpc) is 2.70. The highest BCUT2D eigenvalue weighted by molar-refractivity contribution is 7.91. The molecule has 0 saturated carbocycles. The van der Waals surface area contributed by atoms with Gasteiger partial charge in [0.15, 0.2) is 9.84 Å². The molecular formula is C23H21ClF2N2O4S. The SMILES string of the molecule is CC(C)(C)N(C(=O)O)c1cccc(C(c2cc(F)ccc2F)S(=O)(=O)c2ccc(Cl)cc2)n1. The fourth-order valence-corrected chi connectivity index (χ4v) is 5.28. The van der Waals surface area contributed by atoms with Crippen molar-refractivity contribution < 1.29 is 27.1 Å². The summed E-state index contributed by atoms with van der Waals surface area (Å²) in [5.74, 6) is -1.83. The van der Waals surface area contributed by atoms with Crippen molar-refractivity contribution in [1.82, 2.24) is 4.98 Å². The van der Waals surface area contributed by atoms with Crippen LogP contribution in [-0.4, -0.2) is 30.1 Å². The molecule has 0 radical (unpaired) electrons. The maximum Gasteiger partial charge on any atom is 0.413 e. The topological polar surface area (TPSA) is 87.6 Å². The highest BCUT2D eigenvalue weighted by Crippen LogP contribution is 2.37. The average molecular weight is 495 g/mol. The molecule has 0 fully saturated rings. The van der Waals surface area contributed by atoms with E-state index in [1.54, 1.807) is 20.8 Å². The number of rotatable bonds is 5. The Morgan fingerprint density at radius 1 is 1.06 bits per heavy atom. The minimum Gasteiger partial charge on any atom is -0.465 e. The Balaban J connectivity index is 2.29. The molecule has 6 nitrogen and oxygen atoms in total. The first kappa shape index (κ1) is 24.6. The highest BCUT2D eigenvalue weighted by Gasteiger charge is 2.36. The van der Waals surface area contributed by atoms with Crippen molar-refractivity contribution in [1.29, 1.82) is 0 Å².